The fourth-order valence-corrected chi connectivity index (χ4v) is 2.81. The smallest absolute Gasteiger partial charge is 0.169 e. The van der Waals surface area contributed by atoms with Gasteiger partial charge in [-0.2, -0.15) is 0 Å². The molecule has 0 radical (unpaired) electrons. The van der Waals surface area contributed by atoms with Crippen LogP contribution in [0.4, 0.5) is 0 Å². The summed E-state index contributed by atoms with van der Waals surface area (Å²) < 4.78 is 18.1. The zero-order valence-corrected chi connectivity index (χ0v) is 11.5. The average Bonchev–Trinajstić information content (AvgIpc) is 2.95. The Bertz CT molecular complexity index is 377. The largest absolute Gasteiger partial charge is 0.369 e. The summed E-state index contributed by atoms with van der Waals surface area (Å²) in [4.78, 5) is 2.79. The van der Waals surface area contributed by atoms with Crippen LogP contribution in [0.2, 0.25) is 0 Å². The van der Waals surface area contributed by atoms with Crippen LogP contribution in [-0.4, -0.2) is 36.7 Å². The van der Waals surface area contributed by atoms with Crippen LogP contribution in [-0.2, 0) is 14.2 Å². The van der Waals surface area contributed by atoms with Crippen LogP contribution >= 0.6 is 0 Å². The molecule has 2 aliphatic rings. The molecule has 0 aromatic heterocycles. The molecule has 19 heavy (non-hydrogen) atoms. The van der Waals surface area contributed by atoms with Gasteiger partial charge in [0.2, 0.25) is 0 Å². The van der Waals surface area contributed by atoms with Gasteiger partial charge < -0.3 is 14.2 Å². The highest BCUT2D eigenvalue weighted by Gasteiger charge is 2.56. The average molecular weight is 267 g/mol. The summed E-state index contributed by atoms with van der Waals surface area (Å²) in [6.07, 6.45) is 3.57. The minimum absolute atomic E-state index is 0.0682. The Morgan fingerprint density at radius 2 is 1.89 bits per heavy atom. The SMILES string of the molecule is C=CCC1OC(CN=[N+]=[N-])C2OC(CC)(CC)OC12. The molecule has 0 N–H and O–H groups in total. The third-order valence-corrected chi connectivity index (χ3v) is 3.91. The Hall–Kier alpha value is -1.07. The lowest BCUT2D eigenvalue weighted by molar-refractivity contribution is -0.210. The Labute approximate surface area is 113 Å². The van der Waals surface area contributed by atoms with Crippen molar-refractivity contribution in [1.82, 2.24) is 0 Å². The fourth-order valence-electron chi connectivity index (χ4n) is 2.81. The third kappa shape index (κ3) is 2.62. The number of ether oxygens (including phenoxy) is 3. The van der Waals surface area contributed by atoms with Crippen molar-refractivity contribution in [2.75, 3.05) is 6.54 Å². The van der Waals surface area contributed by atoms with E-state index in [4.69, 9.17) is 19.7 Å². The van der Waals surface area contributed by atoms with E-state index in [-0.39, 0.29) is 31.0 Å². The zero-order valence-electron chi connectivity index (χ0n) is 11.5. The van der Waals surface area contributed by atoms with Gasteiger partial charge in [0.25, 0.3) is 0 Å². The molecule has 4 unspecified atom stereocenters. The van der Waals surface area contributed by atoms with Gasteiger partial charge in [0.1, 0.15) is 12.2 Å². The number of hydrogen-bond acceptors (Lipinski definition) is 4. The van der Waals surface area contributed by atoms with Gasteiger partial charge in [-0.25, -0.2) is 0 Å². The molecule has 0 aromatic carbocycles. The van der Waals surface area contributed by atoms with Gasteiger partial charge >= 0.3 is 0 Å². The van der Waals surface area contributed by atoms with Gasteiger partial charge in [0.15, 0.2) is 5.79 Å². The van der Waals surface area contributed by atoms with Crippen LogP contribution in [0, 0.1) is 0 Å². The first-order valence-corrected chi connectivity index (χ1v) is 6.82. The molecule has 6 nitrogen and oxygen atoms in total. The van der Waals surface area contributed by atoms with Crippen molar-refractivity contribution in [3.63, 3.8) is 0 Å². The minimum atomic E-state index is -0.521. The molecule has 106 valence electrons. The van der Waals surface area contributed by atoms with Crippen molar-refractivity contribution in [3.05, 3.63) is 23.1 Å². The maximum atomic E-state index is 8.45. The van der Waals surface area contributed by atoms with Gasteiger partial charge in [-0.15, -0.1) is 6.58 Å². The molecular weight excluding hydrogens is 246 g/mol. The quantitative estimate of drug-likeness (QED) is 0.321. The van der Waals surface area contributed by atoms with E-state index in [2.05, 4.69) is 30.5 Å². The molecule has 0 spiro atoms. The number of hydrogen-bond donors (Lipinski definition) is 0. The van der Waals surface area contributed by atoms with Crippen LogP contribution in [0.5, 0.6) is 0 Å². The van der Waals surface area contributed by atoms with Crippen molar-refractivity contribution in [3.8, 4) is 0 Å². The summed E-state index contributed by atoms with van der Waals surface area (Å²) in [5, 5.41) is 3.60. The fraction of sp³-hybridized carbons (Fsp3) is 0.846. The highest BCUT2D eigenvalue weighted by Crippen LogP contribution is 2.43. The second kappa shape index (κ2) is 5.92. The van der Waals surface area contributed by atoms with E-state index in [0.29, 0.717) is 6.42 Å². The summed E-state index contributed by atoms with van der Waals surface area (Å²) in [6.45, 7) is 8.12. The Balaban J connectivity index is 2.15. The van der Waals surface area contributed by atoms with Gasteiger partial charge in [-0.3, -0.25) is 0 Å². The monoisotopic (exact) mass is 267 g/mol. The van der Waals surface area contributed by atoms with E-state index >= 15 is 0 Å². The Kier molecular flexibility index (Phi) is 4.47. The first-order chi connectivity index (χ1) is 9.19. The van der Waals surface area contributed by atoms with E-state index in [9.17, 15) is 0 Å². The van der Waals surface area contributed by atoms with Gasteiger partial charge in [-0.1, -0.05) is 25.0 Å². The molecular formula is C13H21N3O3. The second-order valence-electron chi connectivity index (χ2n) is 4.93. The first-order valence-electron chi connectivity index (χ1n) is 6.82. The van der Waals surface area contributed by atoms with E-state index in [0.717, 1.165) is 12.8 Å². The van der Waals surface area contributed by atoms with Crippen LogP contribution in [0.25, 0.3) is 10.4 Å². The first kappa shape index (κ1) is 14.3. The lowest BCUT2D eigenvalue weighted by Crippen LogP contribution is -2.34. The summed E-state index contributed by atoms with van der Waals surface area (Å²) in [5.74, 6) is -0.521. The highest BCUT2D eigenvalue weighted by molar-refractivity contribution is 5.01. The Morgan fingerprint density at radius 3 is 2.42 bits per heavy atom. The zero-order chi connectivity index (χ0) is 13.9. The van der Waals surface area contributed by atoms with E-state index in [1.807, 2.05) is 6.08 Å². The number of azide groups is 1. The third-order valence-electron chi connectivity index (χ3n) is 3.91. The molecule has 4 atom stereocenters. The van der Waals surface area contributed by atoms with E-state index < -0.39 is 5.79 Å². The van der Waals surface area contributed by atoms with Crippen molar-refractivity contribution in [2.24, 2.45) is 5.11 Å². The summed E-state index contributed by atoms with van der Waals surface area (Å²) in [6, 6.07) is 0. The molecule has 0 aliphatic carbocycles. The van der Waals surface area contributed by atoms with Crippen LogP contribution in [0.15, 0.2) is 17.8 Å². The summed E-state index contributed by atoms with van der Waals surface area (Å²) in [7, 11) is 0. The predicted octanol–water partition coefficient (Wildman–Crippen LogP) is 2.94. The molecule has 2 heterocycles. The van der Waals surface area contributed by atoms with Crippen molar-refractivity contribution in [2.45, 2.75) is 63.3 Å². The standard InChI is InChI=1S/C13H21N3O3/c1-4-7-9-11-12(10(17-9)8-15-16-14)19-13(5-2,6-3)18-11/h4,9-12H,1,5-8H2,2-3H3. The summed E-state index contributed by atoms with van der Waals surface area (Å²) in [5.41, 5.74) is 8.45. The van der Waals surface area contributed by atoms with Gasteiger partial charge in [0.05, 0.1) is 18.8 Å². The number of fused-ring (bicyclic) bond motifs is 1. The van der Waals surface area contributed by atoms with Crippen molar-refractivity contribution < 1.29 is 14.2 Å². The number of rotatable bonds is 6. The van der Waals surface area contributed by atoms with Crippen LogP contribution < -0.4 is 0 Å². The van der Waals surface area contributed by atoms with Gasteiger partial charge in [-0.05, 0) is 24.8 Å². The molecule has 0 saturated carbocycles. The summed E-state index contributed by atoms with van der Waals surface area (Å²) >= 11 is 0. The lowest BCUT2D eigenvalue weighted by atomic mass is 10.1. The molecule has 6 heteroatoms. The number of nitrogens with zero attached hydrogens (tertiary/aromatic N) is 3. The molecule has 2 fully saturated rings. The minimum Gasteiger partial charge on any atom is -0.369 e. The van der Waals surface area contributed by atoms with Crippen LogP contribution in [0.3, 0.4) is 0 Å². The van der Waals surface area contributed by atoms with Gasteiger partial charge in [0, 0.05) is 4.91 Å². The normalized spacial score (nSPS) is 35.7. The molecule has 0 amide bonds. The molecule has 2 rings (SSSR count). The second-order valence-corrected chi connectivity index (χ2v) is 4.93. The predicted molar refractivity (Wildman–Crippen MR) is 70.5 cm³/mol. The van der Waals surface area contributed by atoms with E-state index in [1.54, 1.807) is 0 Å². The molecule has 2 aliphatic heterocycles. The highest BCUT2D eigenvalue weighted by atomic mass is 16.8. The van der Waals surface area contributed by atoms with Crippen molar-refractivity contribution in [1.29, 1.82) is 0 Å². The molecule has 0 aromatic rings. The van der Waals surface area contributed by atoms with E-state index in [1.165, 1.54) is 0 Å². The molecule has 0 bridgehead atoms. The van der Waals surface area contributed by atoms with Crippen molar-refractivity contribution >= 4 is 0 Å². The topological polar surface area (TPSA) is 76.5 Å². The molecule has 2 saturated heterocycles. The maximum absolute atomic E-state index is 8.45. The van der Waals surface area contributed by atoms with Crippen LogP contribution in [0.1, 0.15) is 33.1 Å². The Morgan fingerprint density at radius 1 is 1.26 bits per heavy atom. The lowest BCUT2D eigenvalue weighted by Gasteiger charge is -2.28. The maximum Gasteiger partial charge on any atom is 0.169 e.